The van der Waals surface area contributed by atoms with Gasteiger partial charge >= 0.3 is 12.2 Å². The topological polar surface area (TPSA) is 157 Å². The summed E-state index contributed by atoms with van der Waals surface area (Å²) in [5, 5.41) is 27.5. The van der Waals surface area contributed by atoms with Gasteiger partial charge < -0.3 is 20.8 Å². The molecule has 0 saturated carbocycles. The van der Waals surface area contributed by atoms with Crippen LogP contribution in [0.2, 0.25) is 0 Å². The summed E-state index contributed by atoms with van der Waals surface area (Å²) in [7, 11) is 0. The van der Waals surface area contributed by atoms with E-state index in [0.717, 1.165) is 51.4 Å². The van der Waals surface area contributed by atoms with Crippen LogP contribution in [0.5, 0.6) is 0 Å². The number of nitrogens with one attached hydrogen (secondary N) is 4. The molecular weight excluding hydrogens is 428 g/mol. The summed E-state index contributed by atoms with van der Waals surface area (Å²) in [5.74, 6) is -0.984. The second kappa shape index (κ2) is 18.3. The number of hydrogen-bond donors (Lipinski definition) is 6. The Hall–Kier alpha value is -2.20. The molecule has 0 aromatic carbocycles. The predicted molar refractivity (Wildman–Crippen MR) is 127 cm³/mol. The number of imide groups is 2. The van der Waals surface area contributed by atoms with Gasteiger partial charge in [-0.3, -0.25) is 20.2 Å². The summed E-state index contributed by atoms with van der Waals surface area (Å²) in [6.45, 7) is 8.90. The van der Waals surface area contributed by atoms with Crippen molar-refractivity contribution in [2.24, 2.45) is 11.8 Å². The molecule has 2 unspecified atom stereocenters. The van der Waals surface area contributed by atoms with Gasteiger partial charge in [-0.1, -0.05) is 72.6 Å². The number of amides is 4. The van der Waals surface area contributed by atoms with E-state index in [-0.39, 0.29) is 11.8 Å². The fraction of sp³-hybridized carbons (Fsp3) is 0.826. The van der Waals surface area contributed by atoms with Crippen molar-refractivity contribution in [3.05, 3.63) is 0 Å². The fourth-order valence-corrected chi connectivity index (χ4v) is 3.63. The van der Waals surface area contributed by atoms with E-state index in [9.17, 15) is 19.2 Å². The van der Waals surface area contributed by atoms with Crippen molar-refractivity contribution in [3.63, 3.8) is 0 Å². The van der Waals surface area contributed by atoms with Crippen LogP contribution >= 0.6 is 0 Å². The Kier molecular flexibility index (Phi) is 17.0. The molecule has 10 heteroatoms. The summed E-state index contributed by atoms with van der Waals surface area (Å²) < 4.78 is 0. The first-order valence-corrected chi connectivity index (χ1v) is 12.1. The van der Waals surface area contributed by atoms with E-state index in [0.29, 0.717) is 13.1 Å². The molecule has 0 spiro atoms. The molecule has 0 rings (SSSR count). The van der Waals surface area contributed by atoms with Gasteiger partial charge in [-0.2, -0.15) is 0 Å². The van der Waals surface area contributed by atoms with Gasteiger partial charge in [0.15, 0.2) is 0 Å². The monoisotopic (exact) mass is 472 g/mol. The standard InChI is InChI=1S/C23H44N4O6/c1-16(2)18(20(28)26-22(30)31)24-14-12-10-8-6-5-7-9-11-13-15-25-19(17(3)4)21(29)27-23(32)33/h16-19,24-25H,5-15H2,1-4H3,(H,26,28)(H,27,29)(H,30,31)(H,32,33). The Morgan fingerprint density at radius 3 is 1.06 bits per heavy atom. The maximum atomic E-state index is 11.9. The van der Waals surface area contributed by atoms with Gasteiger partial charge in [0, 0.05) is 0 Å². The van der Waals surface area contributed by atoms with Gasteiger partial charge in [0.1, 0.15) is 0 Å². The van der Waals surface area contributed by atoms with Crippen LogP contribution in [0.4, 0.5) is 9.59 Å². The lowest BCUT2D eigenvalue weighted by atomic mass is 10.0. The van der Waals surface area contributed by atoms with Crippen LogP contribution in [-0.2, 0) is 9.59 Å². The molecule has 10 nitrogen and oxygen atoms in total. The van der Waals surface area contributed by atoms with E-state index in [1.165, 1.54) is 6.42 Å². The number of carbonyl (C=O) groups excluding carboxylic acids is 2. The first-order valence-electron chi connectivity index (χ1n) is 12.1. The lowest BCUT2D eigenvalue weighted by molar-refractivity contribution is -0.124. The summed E-state index contributed by atoms with van der Waals surface area (Å²) in [6, 6.07) is -1.00. The van der Waals surface area contributed by atoms with Gasteiger partial charge in [0.05, 0.1) is 12.1 Å². The molecule has 0 aromatic heterocycles. The third-order valence-electron chi connectivity index (χ3n) is 5.44. The highest BCUT2D eigenvalue weighted by Gasteiger charge is 2.23. The van der Waals surface area contributed by atoms with Gasteiger partial charge in [0.25, 0.3) is 0 Å². The van der Waals surface area contributed by atoms with Crippen molar-refractivity contribution in [1.29, 1.82) is 0 Å². The molecule has 0 bridgehead atoms. The van der Waals surface area contributed by atoms with Crippen LogP contribution in [0.15, 0.2) is 0 Å². The fourth-order valence-electron chi connectivity index (χ4n) is 3.63. The number of unbranched alkanes of at least 4 members (excludes halogenated alkanes) is 8. The van der Waals surface area contributed by atoms with Gasteiger partial charge in [-0.15, -0.1) is 0 Å². The number of hydrogen-bond acceptors (Lipinski definition) is 6. The van der Waals surface area contributed by atoms with Crippen molar-refractivity contribution < 1.29 is 29.4 Å². The van der Waals surface area contributed by atoms with Crippen LogP contribution < -0.4 is 21.3 Å². The second-order valence-electron chi connectivity index (χ2n) is 9.12. The lowest BCUT2D eigenvalue weighted by Crippen LogP contribution is -2.49. The van der Waals surface area contributed by atoms with E-state index in [1.807, 2.05) is 38.3 Å². The third kappa shape index (κ3) is 16.1. The molecule has 2 atom stereocenters. The Bertz CT molecular complexity index is 548. The molecule has 0 aliphatic rings. The molecule has 33 heavy (non-hydrogen) atoms. The number of rotatable bonds is 18. The highest BCUT2D eigenvalue weighted by Crippen LogP contribution is 2.10. The molecule has 0 aromatic rings. The second-order valence-corrected chi connectivity index (χ2v) is 9.12. The summed E-state index contributed by atoms with van der Waals surface area (Å²) in [5.41, 5.74) is 0. The maximum Gasteiger partial charge on any atom is 0.411 e. The van der Waals surface area contributed by atoms with Crippen LogP contribution in [-0.4, -0.2) is 59.4 Å². The molecule has 192 valence electrons. The molecule has 6 N–H and O–H groups in total. The molecule has 0 aliphatic heterocycles. The van der Waals surface area contributed by atoms with Crippen LogP contribution in [0, 0.1) is 11.8 Å². The maximum absolute atomic E-state index is 11.9. The first-order chi connectivity index (χ1) is 15.6. The zero-order valence-corrected chi connectivity index (χ0v) is 20.6. The molecular formula is C23H44N4O6. The zero-order valence-electron chi connectivity index (χ0n) is 20.6. The van der Waals surface area contributed by atoms with Crippen molar-refractivity contribution >= 4 is 24.0 Å². The zero-order chi connectivity index (χ0) is 25.2. The smallest absolute Gasteiger partial charge is 0.411 e. The average Bonchev–Trinajstić information content (AvgIpc) is 2.69. The molecule has 4 amide bonds. The quantitative estimate of drug-likeness (QED) is 0.166. The molecule has 0 heterocycles. The minimum atomic E-state index is -1.33. The minimum absolute atomic E-state index is 0.0118. The third-order valence-corrected chi connectivity index (χ3v) is 5.44. The highest BCUT2D eigenvalue weighted by molar-refractivity contribution is 5.94. The number of carboxylic acid groups (broad SMARTS) is 2. The van der Waals surface area contributed by atoms with Gasteiger partial charge in [-0.05, 0) is 37.8 Å². The van der Waals surface area contributed by atoms with Gasteiger partial charge in [0.2, 0.25) is 11.8 Å². The number of carbonyl (C=O) groups is 4. The largest absolute Gasteiger partial charge is 0.465 e. The normalized spacial score (nSPS) is 13.0. The summed E-state index contributed by atoms with van der Waals surface area (Å²) in [4.78, 5) is 45.0. The molecule has 0 radical (unpaired) electrons. The van der Waals surface area contributed by atoms with E-state index in [4.69, 9.17) is 10.2 Å². The average molecular weight is 473 g/mol. The molecule has 0 saturated heterocycles. The Morgan fingerprint density at radius 2 is 0.818 bits per heavy atom. The SMILES string of the molecule is CC(C)C(NCCCCCCCCCCCNC(C(=O)NC(=O)O)C(C)C)C(=O)NC(=O)O. The Morgan fingerprint density at radius 1 is 0.545 bits per heavy atom. The Balaban J connectivity index is 3.72. The predicted octanol–water partition coefficient (Wildman–Crippen LogP) is 3.31. The minimum Gasteiger partial charge on any atom is -0.465 e. The van der Waals surface area contributed by atoms with Crippen LogP contribution in [0.3, 0.4) is 0 Å². The van der Waals surface area contributed by atoms with E-state index in [1.54, 1.807) is 0 Å². The van der Waals surface area contributed by atoms with E-state index in [2.05, 4.69) is 10.6 Å². The Labute approximate surface area is 197 Å². The summed E-state index contributed by atoms with van der Waals surface area (Å²) in [6.07, 6.45) is 7.13. The lowest BCUT2D eigenvalue weighted by Gasteiger charge is -2.20. The van der Waals surface area contributed by atoms with Crippen molar-refractivity contribution in [2.75, 3.05) is 13.1 Å². The van der Waals surface area contributed by atoms with Crippen molar-refractivity contribution in [3.8, 4) is 0 Å². The van der Waals surface area contributed by atoms with E-state index < -0.39 is 36.1 Å². The van der Waals surface area contributed by atoms with Gasteiger partial charge in [-0.25, -0.2) is 9.59 Å². The van der Waals surface area contributed by atoms with Crippen molar-refractivity contribution in [1.82, 2.24) is 21.3 Å². The van der Waals surface area contributed by atoms with Crippen LogP contribution in [0.1, 0.15) is 85.5 Å². The highest BCUT2D eigenvalue weighted by atomic mass is 16.4. The van der Waals surface area contributed by atoms with E-state index >= 15 is 0 Å². The van der Waals surface area contributed by atoms with Crippen molar-refractivity contribution in [2.45, 2.75) is 97.6 Å². The summed E-state index contributed by atoms with van der Waals surface area (Å²) >= 11 is 0. The molecule has 0 aliphatic carbocycles. The first kappa shape index (κ1) is 30.8. The van der Waals surface area contributed by atoms with Crippen LogP contribution in [0.25, 0.3) is 0 Å². The molecule has 0 fully saturated rings.